The number of hydrogen-bond acceptors (Lipinski definition) is 4. The number of nitrogens with zero attached hydrogens (tertiary/aromatic N) is 2. The van der Waals surface area contributed by atoms with Crippen molar-refractivity contribution < 1.29 is 13.2 Å². The van der Waals surface area contributed by atoms with Crippen molar-refractivity contribution >= 4 is 39.4 Å². The van der Waals surface area contributed by atoms with Crippen molar-refractivity contribution in [3.05, 3.63) is 95.0 Å². The quantitative estimate of drug-likeness (QED) is 0.444. The Hall–Kier alpha value is -3.16. The number of amides is 1. The van der Waals surface area contributed by atoms with Gasteiger partial charge in [0.2, 0.25) is 0 Å². The third-order valence-corrected chi connectivity index (χ3v) is 6.22. The van der Waals surface area contributed by atoms with E-state index < -0.39 is 22.5 Å². The van der Waals surface area contributed by atoms with Crippen LogP contribution in [0.3, 0.4) is 0 Å². The van der Waals surface area contributed by atoms with Crippen LogP contribution >= 0.6 is 11.6 Å². The van der Waals surface area contributed by atoms with E-state index in [1.807, 2.05) is 13.0 Å². The van der Waals surface area contributed by atoms with Gasteiger partial charge in [0.1, 0.15) is 6.54 Å². The lowest BCUT2D eigenvalue weighted by Crippen LogP contribution is -2.39. The molecule has 0 radical (unpaired) electrons. The molecule has 0 heterocycles. The summed E-state index contributed by atoms with van der Waals surface area (Å²) in [5, 5.41) is 4.49. The zero-order valence-electron chi connectivity index (χ0n) is 16.2. The average molecular weight is 442 g/mol. The standard InChI is InChI=1S/C22H20ClN3O3S/c1-17-6-5-7-20(14-17)26(30(28,29)21-8-3-2-4-9-21)16-22(27)25-24-15-18-10-12-19(23)13-11-18/h2-15H,16H2,1H3,(H,25,27)/b24-15-. The summed E-state index contributed by atoms with van der Waals surface area (Å²) >= 11 is 5.84. The molecule has 8 heteroatoms. The largest absolute Gasteiger partial charge is 0.271 e. The van der Waals surface area contributed by atoms with Gasteiger partial charge in [-0.25, -0.2) is 13.8 Å². The van der Waals surface area contributed by atoms with Gasteiger partial charge >= 0.3 is 0 Å². The molecule has 3 aromatic rings. The van der Waals surface area contributed by atoms with E-state index >= 15 is 0 Å². The number of hydrazone groups is 1. The number of nitrogens with one attached hydrogen (secondary N) is 1. The summed E-state index contributed by atoms with van der Waals surface area (Å²) in [5.41, 5.74) is 4.39. The normalized spacial score (nSPS) is 11.4. The topological polar surface area (TPSA) is 78.8 Å². The Bertz CT molecular complexity index is 1150. The van der Waals surface area contributed by atoms with Crippen LogP contribution in [0.1, 0.15) is 11.1 Å². The van der Waals surface area contributed by atoms with Gasteiger partial charge in [-0.15, -0.1) is 0 Å². The Labute approximate surface area is 180 Å². The summed E-state index contributed by atoms with van der Waals surface area (Å²) in [5.74, 6) is -0.568. The zero-order valence-corrected chi connectivity index (χ0v) is 17.8. The number of benzene rings is 3. The maximum atomic E-state index is 13.2. The van der Waals surface area contributed by atoms with Crippen LogP contribution in [0.2, 0.25) is 5.02 Å². The van der Waals surface area contributed by atoms with Gasteiger partial charge in [-0.1, -0.05) is 54.1 Å². The molecule has 0 aliphatic carbocycles. The summed E-state index contributed by atoms with van der Waals surface area (Å²) in [6.07, 6.45) is 1.46. The monoisotopic (exact) mass is 441 g/mol. The molecule has 0 fully saturated rings. The van der Waals surface area contributed by atoms with E-state index in [1.54, 1.807) is 60.7 Å². The lowest BCUT2D eigenvalue weighted by molar-refractivity contribution is -0.119. The summed E-state index contributed by atoms with van der Waals surface area (Å²) in [6, 6.07) is 21.9. The molecular formula is C22H20ClN3O3S. The Kier molecular flexibility index (Phi) is 6.87. The minimum Gasteiger partial charge on any atom is -0.271 e. The molecule has 3 aromatic carbocycles. The molecule has 0 bridgehead atoms. The van der Waals surface area contributed by atoms with Crippen molar-refractivity contribution in [3.8, 4) is 0 Å². The molecule has 1 amide bonds. The molecule has 0 unspecified atom stereocenters. The van der Waals surface area contributed by atoms with Gasteiger partial charge in [-0.2, -0.15) is 5.10 Å². The molecule has 1 N–H and O–H groups in total. The number of halogens is 1. The minimum absolute atomic E-state index is 0.101. The van der Waals surface area contributed by atoms with E-state index in [9.17, 15) is 13.2 Å². The molecular weight excluding hydrogens is 422 g/mol. The molecule has 0 spiro atoms. The first-order valence-corrected chi connectivity index (χ1v) is 10.9. The maximum absolute atomic E-state index is 13.2. The number of aryl methyl sites for hydroxylation is 1. The molecule has 6 nitrogen and oxygen atoms in total. The predicted octanol–water partition coefficient (Wildman–Crippen LogP) is 3.99. The van der Waals surface area contributed by atoms with E-state index in [4.69, 9.17) is 11.6 Å². The van der Waals surface area contributed by atoms with Crippen molar-refractivity contribution in [2.45, 2.75) is 11.8 Å². The lowest BCUT2D eigenvalue weighted by Gasteiger charge is -2.24. The van der Waals surface area contributed by atoms with Gasteiger partial charge in [-0.05, 0) is 54.4 Å². The number of carbonyl (C=O) groups excluding carboxylic acids is 1. The van der Waals surface area contributed by atoms with Crippen LogP contribution in [-0.2, 0) is 14.8 Å². The average Bonchev–Trinajstić information content (AvgIpc) is 2.74. The van der Waals surface area contributed by atoms with E-state index in [0.717, 1.165) is 15.4 Å². The summed E-state index contributed by atoms with van der Waals surface area (Å²) in [7, 11) is -3.94. The van der Waals surface area contributed by atoms with Gasteiger partial charge in [0.25, 0.3) is 15.9 Å². The van der Waals surface area contributed by atoms with Crippen molar-refractivity contribution in [1.29, 1.82) is 0 Å². The molecule has 0 atom stereocenters. The van der Waals surface area contributed by atoms with Gasteiger partial charge in [0, 0.05) is 5.02 Å². The maximum Gasteiger partial charge on any atom is 0.264 e. The summed E-state index contributed by atoms with van der Waals surface area (Å²) < 4.78 is 27.5. The van der Waals surface area contributed by atoms with Crippen LogP contribution in [0.4, 0.5) is 5.69 Å². The molecule has 30 heavy (non-hydrogen) atoms. The molecule has 3 rings (SSSR count). The zero-order chi connectivity index (χ0) is 21.6. The van der Waals surface area contributed by atoms with Crippen molar-refractivity contribution in [2.24, 2.45) is 5.10 Å². The fraction of sp³-hybridized carbons (Fsp3) is 0.0909. The fourth-order valence-electron chi connectivity index (χ4n) is 2.71. The van der Waals surface area contributed by atoms with E-state index in [1.165, 1.54) is 18.3 Å². The van der Waals surface area contributed by atoms with Crippen LogP contribution < -0.4 is 9.73 Å². The van der Waals surface area contributed by atoms with Crippen LogP contribution in [0.25, 0.3) is 0 Å². The van der Waals surface area contributed by atoms with E-state index in [0.29, 0.717) is 10.7 Å². The fourth-order valence-corrected chi connectivity index (χ4v) is 4.27. The minimum atomic E-state index is -3.94. The van der Waals surface area contributed by atoms with Crippen LogP contribution in [0.15, 0.2) is 88.9 Å². The highest BCUT2D eigenvalue weighted by Gasteiger charge is 2.27. The first-order valence-electron chi connectivity index (χ1n) is 9.08. The van der Waals surface area contributed by atoms with Gasteiger partial charge in [0.05, 0.1) is 16.8 Å². The second kappa shape index (κ2) is 9.56. The third-order valence-electron chi connectivity index (χ3n) is 4.18. The Balaban J connectivity index is 1.82. The highest BCUT2D eigenvalue weighted by molar-refractivity contribution is 7.92. The molecule has 0 aliphatic heterocycles. The number of rotatable bonds is 7. The Morgan fingerprint density at radius 2 is 1.73 bits per heavy atom. The first kappa shape index (κ1) is 21.5. The van der Waals surface area contributed by atoms with Crippen LogP contribution in [0.5, 0.6) is 0 Å². The number of hydrogen-bond donors (Lipinski definition) is 1. The highest BCUT2D eigenvalue weighted by Crippen LogP contribution is 2.24. The van der Waals surface area contributed by atoms with Crippen molar-refractivity contribution in [2.75, 3.05) is 10.8 Å². The summed E-state index contributed by atoms with van der Waals surface area (Å²) in [4.78, 5) is 12.6. The van der Waals surface area contributed by atoms with Gasteiger partial charge in [-0.3, -0.25) is 9.10 Å². The highest BCUT2D eigenvalue weighted by atomic mass is 35.5. The predicted molar refractivity (Wildman–Crippen MR) is 119 cm³/mol. The number of sulfonamides is 1. The number of anilines is 1. The van der Waals surface area contributed by atoms with Gasteiger partial charge < -0.3 is 0 Å². The van der Waals surface area contributed by atoms with E-state index in [-0.39, 0.29) is 4.90 Å². The lowest BCUT2D eigenvalue weighted by atomic mass is 10.2. The smallest absolute Gasteiger partial charge is 0.264 e. The van der Waals surface area contributed by atoms with Crippen LogP contribution in [-0.4, -0.2) is 27.1 Å². The molecule has 0 aliphatic rings. The third kappa shape index (κ3) is 5.46. The van der Waals surface area contributed by atoms with E-state index in [2.05, 4.69) is 10.5 Å². The second-order valence-corrected chi connectivity index (χ2v) is 8.81. The molecule has 0 aromatic heterocycles. The molecule has 154 valence electrons. The summed E-state index contributed by atoms with van der Waals surface area (Å²) in [6.45, 7) is 1.44. The number of carbonyl (C=O) groups is 1. The second-order valence-electron chi connectivity index (χ2n) is 6.51. The SMILES string of the molecule is Cc1cccc(N(CC(=O)N/N=C\c2ccc(Cl)cc2)S(=O)(=O)c2ccccc2)c1. The van der Waals surface area contributed by atoms with Crippen molar-refractivity contribution in [1.82, 2.24) is 5.43 Å². The first-order chi connectivity index (χ1) is 14.4. The van der Waals surface area contributed by atoms with Gasteiger partial charge in [0.15, 0.2) is 0 Å². The Morgan fingerprint density at radius 1 is 1.03 bits per heavy atom. The molecule has 0 saturated carbocycles. The van der Waals surface area contributed by atoms with Crippen LogP contribution in [0, 0.1) is 6.92 Å². The Morgan fingerprint density at radius 3 is 2.40 bits per heavy atom. The van der Waals surface area contributed by atoms with Crippen molar-refractivity contribution in [3.63, 3.8) is 0 Å². The molecule has 0 saturated heterocycles.